The third-order valence-electron chi connectivity index (χ3n) is 6.75. The van der Waals surface area contributed by atoms with E-state index in [0.29, 0.717) is 46.7 Å². The summed E-state index contributed by atoms with van der Waals surface area (Å²) in [6.45, 7) is 4.70. The van der Waals surface area contributed by atoms with Gasteiger partial charge in [-0.05, 0) is 61.2 Å². The molecule has 3 aromatic rings. The number of hydrogen-bond acceptors (Lipinski definition) is 4. The SMILES string of the molecule is Cc1cc(C(=O)NCCN2CCC(O)CC2)c(C=C2C(=O)Nc3cccc(-c4cccc(F)c4)c32)[nH]1. The van der Waals surface area contributed by atoms with Gasteiger partial charge in [-0.3, -0.25) is 9.59 Å². The average molecular weight is 489 g/mol. The van der Waals surface area contributed by atoms with Crippen molar-refractivity contribution in [3.8, 4) is 11.1 Å². The van der Waals surface area contributed by atoms with Crippen LogP contribution in [0, 0.1) is 12.7 Å². The van der Waals surface area contributed by atoms with Gasteiger partial charge in [-0.25, -0.2) is 4.39 Å². The van der Waals surface area contributed by atoms with E-state index in [2.05, 4.69) is 20.5 Å². The number of fused-ring (bicyclic) bond motifs is 1. The molecule has 186 valence electrons. The summed E-state index contributed by atoms with van der Waals surface area (Å²) in [7, 11) is 0. The molecule has 0 atom stereocenters. The van der Waals surface area contributed by atoms with Crippen LogP contribution in [0.15, 0.2) is 48.5 Å². The third-order valence-corrected chi connectivity index (χ3v) is 6.75. The van der Waals surface area contributed by atoms with E-state index in [1.807, 2.05) is 25.1 Å². The van der Waals surface area contributed by atoms with Crippen molar-refractivity contribution in [3.63, 3.8) is 0 Å². The molecule has 0 bridgehead atoms. The molecule has 1 saturated heterocycles. The number of nitrogens with one attached hydrogen (secondary N) is 3. The van der Waals surface area contributed by atoms with Gasteiger partial charge < -0.3 is 25.6 Å². The lowest BCUT2D eigenvalue weighted by Crippen LogP contribution is -2.40. The van der Waals surface area contributed by atoms with Crippen molar-refractivity contribution in [3.05, 3.63) is 76.9 Å². The standard InChI is InChI=1S/C28H29FN4O3/c1-17-14-22(27(35)30-10-13-33-11-8-20(34)9-12-33)25(31-17)16-23-26-21(18-4-2-5-19(29)15-18)6-3-7-24(26)32-28(23)36/h2-7,14-16,20,31,34H,8-13H2,1H3,(H,30,35)(H,32,36). The van der Waals surface area contributed by atoms with E-state index in [-0.39, 0.29) is 23.7 Å². The maximum Gasteiger partial charge on any atom is 0.256 e. The number of carbonyl (C=O) groups is 2. The molecule has 0 saturated carbocycles. The number of nitrogens with zero attached hydrogens (tertiary/aromatic N) is 1. The van der Waals surface area contributed by atoms with Crippen LogP contribution in [0.25, 0.3) is 22.8 Å². The molecule has 1 fully saturated rings. The van der Waals surface area contributed by atoms with Gasteiger partial charge in [-0.15, -0.1) is 0 Å². The van der Waals surface area contributed by atoms with Crippen LogP contribution >= 0.6 is 0 Å². The largest absolute Gasteiger partial charge is 0.393 e. The number of hydrogen-bond donors (Lipinski definition) is 4. The summed E-state index contributed by atoms with van der Waals surface area (Å²) in [4.78, 5) is 31.4. The van der Waals surface area contributed by atoms with Crippen molar-refractivity contribution in [1.29, 1.82) is 0 Å². The molecule has 7 nitrogen and oxygen atoms in total. The van der Waals surface area contributed by atoms with Crippen LogP contribution in [-0.4, -0.2) is 59.1 Å². The van der Waals surface area contributed by atoms with E-state index in [4.69, 9.17) is 0 Å². The molecule has 36 heavy (non-hydrogen) atoms. The highest BCUT2D eigenvalue weighted by Gasteiger charge is 2.28. The van der Waals surface area contributed by atoms with Crippen molar-refractivity contribution in [2.75, 3.05) is 31.5 Å². The highest BCUT2D eigenvalue weighted by atomic mass is 19.1. The second kappa shape index (κ2) is 10.1. The van der Waals surface area contributed by atoms with E-state index in [0.717, 1.165) is 37.2 Å². The van der Waals surface area contributed by atoms with Gasteiger partial charge in [0.25, 0.3) is 11.8 Å². The minimum Gasteiger partial charge on any atom is -0.393 e. The minimum atomic E-state index is -0.354. The summed E-state index contributed by atoms with van der Waals surface area (Å²) in [5.74, 6) is -0.854. The molecule has 8 heteroatoms. The number of aliphatic hydroxyl groups is 1. The summed E-state index contributed by atoms with van der Waals surface area (Å²) >= 11 is 0. The predicted octanol–water partition coefficient (Wildman–Crippen LogP) is 3.81. The molecule has 3 heterocycles. The number of aliphatic hydroxyl groups excluding tert-OH is 1. The Bertz CT molecular complexity index is 1340. The fourth-order valence-corrected chi connectivity index (χ4v) is 4.91. The number of aryl methyl sites for hydroxylation is 1. The Morgan fingerprint density at radius 3 is 2.75 bits per heavy atom. The number of aromatic nitrogens is 1. The smallest absolute Gasteiger partial charge is 0.256 e. The molecule has 2 aliphatic rings. The highest BCUT2D eigenvalue weighted by Crippen LogP contribution is 2.40. The first-order chi connectivity index (χ1) is 17.4. The molecular formula is C28H29FN4O3. The van der Waals surface area contributed by atoms with E-state index >= 15 is 0 Å². The number of halogens is 1. The Morgan fingerprint density at radius 1 is 1.19 bits per heavy atom. The Hall–Kier alpha value is -3.75. The lowest BCUT2D eigenvalue weighted by Gasteiger charge is -2.29. The Balaban J connectivity index is 1.40. The van der Waals surface area contributed by atoms with E-state index in [1.165, 1.54) is 12.1 Å². The number of aromatic amines is 1. The van der Waals surface area contributed by atoms with Crippen LogP contribution in [-0.2, 0) is 4.79 Å². The maximum absolute atomic E-state index is 13.9. The monoisotopic (exact) mass is 488 g/mol. The van der Waals surface area contributed by atoms with Gasteiger partial charge in [0, 0.05) is 43.1 Å². The van der Waals surface area contributed by atoms with Crippen molar-refractivity contribution >= 4 is 29.2 Å². The average Bonchev–Trinajstić information content (AvgIpc) is 3.39. The van der Waals surface area contributed by atoms with Gasteiger partial charge in [0.05, 0.1) is 22.9 Å². The van der Waals surface area contributed by atoms with Crippen LogP contribution in [0.5, 0.6) is 0 Å². The van der Waals surface area contributed by atoms with Crippen molar-refractivity contribution in [2.45, 2.75) is 25.9 Å². The van der Waals surface area contributed by atoms with Crippen LogP contribution in [0.3, 0.4) is 0 Å². The topological polar surface area (TPSA) is 97.5 Å². The number of H-pyrrole nitrogens is 1. The molecule has 2 amide bonds. The predicted molar refractivity (Wildman–Crippen MR) is 138 cm³/mol. The fourth-order valence-electron chi connectivity index (χ4n) is 4.91. The lowest BCUT2D eigenvalue weighted by molar-refractivity contribution is -0.110. The summed E-state index contributed by atoms with van der Waals surface area (Å²) < 4.78 is 13.9. The van der Waals surface area contributed by atoms with Crippen molar-refractivity contribution in [1.82, 2.24) is 15.2 Å². The first kappa shape index (κ1) is 24.0. The molecule has 2 aliphatic heterocycles. The van der Waals surface area contributed by atoms with Crippen molar-refractivity contribution in [2.24, 2.45) is 0 Å². The summed E-state index contributed by atoms with van der Waals surface area (Å²) in [5.41, 5.74) is 4.93. The number of likely N-dealkylation sites (tertiary alicyclic amines) is 1. The molecule has 1 aromatic heterocycles. The normalized spacial score (nSPS) is 17.3. The van der Waals surface area contributed by atoms with E-state index in [9.17, 15) is 19.1 Å². The van der Waals surface area contributed by atoms with Gasteiger partial charge in [0.1, 0.15) is 5.82 Å². The molecule has 0 aliphatic carbocycles. The number of amides is 2. The Kier molecular flexibility index (Phi) is 6.71. The first-order valence-corrected chi connectivity index (χ1v) is 12.2. The second-order valence-electron chi connectivity index (χ2n) is 9.36. The quantitative estimate of drug-likeness (QED) is 0.397. The van der Waals surface area contributed by atoms with Gasteiger partial charge in [0.15, 0.2) is 0 Å². The second-order valence-corrected chi connectivity index (χ2v) is 9.36. The molecule has 2 aromatic carbocycles. The summed E-state index contributed by atoms with van der Waals surface area (Å²) in [5, 5.41) is 15.5. The fraction of sp³-hybridized carbons (Fsp3) is 0.286. The van der Waals surface area contributed by atoms with Gasteiger partial charge in [-0.1, -0.05) is 24.3 Å². The number of rotatable bonds is 6. The zero-order valence-corrected chi connectivity index (χ0v) is 20.1. The first-order valence-electron chi connectivity index (χ1n) is 12.2. The van der Waals surface area contributed by atoms with E-state index in [1.54, 1.807) is 24.3 Å². The maximum atomic E-state index is 13.9. The minimum absolute atomic E-state index is 0.222. The van der Waals surface area contributed by atoms with Crippen LogP contribution in [0.4, 0.5) is 10.1 Å². The van der Waals surface area contributed by atoms with Gasteiger partial charge in [-0.2, -0.15) is 0 Å². The zero-order valence-electron chi connectivity index (χ0n) is 20.1. The Morgan fingerprint density at radius 2 is 1.97 bits per heavy atom. The van der Waals surface area contributed by atoms with E-state index < -0.39 is 0 Å². The molecule has 0 spiro atoms. The molecule has 0 unspecified atom stereocenters. The molecule has 5 rings (SSSR count). The van der Waals surface area contributed by atoms with Crippen molar-refractivity contribution < 1.29 is 19.1 Å². The number of piperidine rings is 1. The third kappa shape index (κ3) is 4.96. The van der Waals surface area contributed by atoms with Gasteiger partial charge in [0.2, 0.25) is 0 Å². The number of benzene rings is 2. The molecule has 4 N–H and O–H groups in total. The van der Waals surface area contributed by atoms with Crippen LogP contribution in [0.2, 0.25) is 0 Å². The number of anilines is 1. The van der Waals surface area contributed by atoms with Crippen LogP contribution in [0.1, 0.15) is 40.2 Å². The molecular weight excluding hydrogens is 459 g/mol. The lowest BCUT2D eigenvalue weighted by atomic mass is 9.94. The summed E-state index contributed by atoms with van der Waals surface area (Å²) in [6.07, 6.45) is 2.97. The summed E-state index contributed by atoms with van der Waals surface area (Å²) in [6, 6.07) is 13.5. The molecule has 0 radical (unpaired) electrons. The van der Waals surface area contributed by atoms with Gasteiger partial charge >= 0.3 is 0 Å². The Labute approximate surface area is 209 Å². The number of carbonyl (C=O) groups excluding carboxylic acids is 2. The zero-order chi connectivity index (χ0) is 25.2. The highest BCUT2D eigenvalue weighted by molar-refractivity contribution is 6.36. The van der Waals surface area contributed by atoms with Crippen LogP contribution < -0.4 is 10.6 Å².